The first-order chi connectivity index (χ1) is 9.47. The molecule has 1 aliphatic rings. The summed E-state index contributed by atoms with van der Waals surface area (Å²) >= 11 is 0. The molecule has 4 atom stereocenters. The van der Waals surface area contributed by atoms with Crippen LogP contribution >= 0.6 is 0 Å². The molecule has 1 aromatic rings. The van der Waals surface area contributed by atoms with Gasteiger partial charge in [0.15, 0.2) is 5.69 Å². The molecule has 1 aliphatic heterocycles. The summed E-state index contributed by atoms with van der Waals surface area (Å²) in [5, 5.41) is 28.8. The van der Waals surface area contributed by atoms with E-state index in [9.17, 15) is 19.8 Å². The summed E-state index contributed by atoms with van der Waals surface area (Å²) < 4.78 is 6.21. The van der Waals surface area contributed by atoms with Gasteiger partial charge < -0.3 is 30.4 Å². The fourth-order valence-corrected chi connectivity index (χ4v) is 2.13. The lowest BCUT2D eigenvalue weighted by molar-refractivity contribution is -0.170. The normalized spacial score (nSPS) is 30.1. The first kappa shape index (κ1) is 14.6. The van der Waals surface area contributed by atoms with Gasteiger partial charge in [-0.2, -0.15) is 0 Å². The molecule has 5 N–H and O–H groups in total. The van der Waals surface area contributed by atoms with Crippen molar-refractivity contribution >= 4 is 5.91 Å². The van der Waals surface area contributed by atoms with Crippen LogP contribution in [0, 0.1) is 0 Å². The van der Waals surface area contributed by atoms with Crippen molar-refractivity contribution in [1.82, 2.24) is 9.55 Å². The van der Waals surface area contributed by atoms with E-state index in [0.717, 1.165) is 4.57 Å². The molecule has 1 amide bonds. The van der Waals surface area contributed by atoms with Crippen molar-refractivity contribution in [3.63, 3.8) is 0 Å². The van der Waals surface area contributed by atoms with Gasteiger partial charge in [-0.25, -0.2) is 4.98 Å². The van der Waals surface area contributed by atoms with Crippen LogP contribution in [0.25, 0.3) is 0 Å². The van der Waals surface area contributed by atoms with E-state index in [2.05, 4.69) is 4.98 Å². The van der Waals surface area contributed by atoms with Gasteiger partial charge in [0.1, 0.15) is 18.3 Å². The summed E-state index contributed by atoms with van der Waals surface area (Å²) in [4.78, 5) is 26.7. The minimum absolute atomic E-state index is 0.106. The number of rotatable bonds is 3. The third kappa shape index (κ3) is 2.43. The van der Waals surface area contributed by atoms with Gasteiger partial charge in [0.25, 0.3) is 11.5 Å². The number of carbonyl (C=O) groups excluding carboxylic acids is 1. The van der Waals surface area contributed by atoms with E-state index in [1.165, 1.54) is 12.4 Å². The van der Waals surface area contributed by atoms with Crippen LogP contribution in [0.1, 0.15) is 16.5 Å². The van der Waals surface area contributed by atoms with Crippen molar-refractivity contribution < 1.29 is 24.9 Å². The first-order valence-electron chi connectivity index (χ1n) is 5.93. The maximum Gasteiger partial charge on any atom is 0.282 e. The summed E-state index contributed by atoms with van der Waals surface area (Å²) in [6.07, 6.45) is -1.15. The number of nitrogens with two attached hydrogens (primary N) is 1. The number of aromatic nitrogens is 2. The van der Waals surface area contributed by atoms with E-state index in [-0.39, 0.29) is 6.61 Å². The highest BCUT2D eigenvalue weighted by atomic mass is 16.5. The molecular formula is C11H15N3O6. The molecule has 0 spiro atoms. The van der Waals surface area contributed by atoms with E-state index in [4.69, 9.17) is 15.6 Å². The van der Waals surface area contributed by atoms with E-state index in [0.29, 0.717) is 0 Å². The maximum atomic E-state index is 12.0. The second-order valence-electron chi connectivity index (χ2n) is 4.46. The first-order valence-corrected chi connectivity index (χ1v) is 5.93. The number of hydrogen-bond acceptors (Lipinski definition) is 7. The summed E-state index contributed by atoms with van der Waals surface area (Å²) in [7, 11) is 0. The lowest BCUT2D eigenvalue weighted by Gasteiger charge is -2.37. The topological polar surface area (TPSA) is 148 Å². The van der Waals surface area contributed by atoms with Gasteiger partial charge in [0.05, 0.1) is 19.3 Å². The number of amides is 1. The molecule has 9 heteroatoms. The fraction of sp³-hybridized carbons (Fsp3) is 0.545. The Labute approximate surface area is 113 Å². The van der Waals surface area contributed by atoms with Crippen LogP contribution in [-0.2, 0) is 4.74 Å². The minimum Gasteiger partial charge on any atom is -0.394 e. The number of carbonyl (C=O) groups is 1. The van der Waals surface area contributed by atoms with Crippen LogP contribution in [0.2, 0.25) is 0 Å². The summed E-state index contributed by atoms with van der Waals surface area (Å²) in [5.74, 6) is -0.982. The molecule has 20 heavy (non-hydrogen) atoms. The Bertz CT molecular complexity index is 559. The SMILES string of the molecule is NC(=O)c1nccn([C@H]2CO[C@H](CO)[C@H](O)[C@@H]2O)c1=O. The average molecular weight is 285 g/mol. The molecule has 0 radical (unpaired) electrons. The molecule has 2 heterocycles. The third-order valence-electron chi connectivity index (χ3n) is 3.24. The average Bonchev–Trinajstić information content (AvgIpc) is 2.42. The van der Waals surface area contributed by atoms with Gasteiger partial charge in [0.2, 0.25) is 0 Å². The Hall–Kier alpha value is -1.81. The molecule has 2 rings (SSSR count). The monoisotopic (exact) mass is 285 g/mol. The number of hydrogen-bond donors (Lipinski definition) is 4. The number of aliphatic hydroxyl groups is 3. The van der Waals surface area contributed by atoms with Crippen molar-refractivity contribution in [2.45, 2.75) is 24.4 Å². The van der Waals surface area contributed by atoms with E-state index in [1.54, 1.807) is 0 Å². The Morgan fingerprint density at radius 1 is 1.50 bits per heavy atom. The Morgan fingerprint density at radius 2 is 2.20 bits per heavy atom. The molecule has 0 aliphatic carbocycles. The predicted octanol–water partition coefficient (Wildman–Crippen LogP) is -3.00. The van der Waals surface area contributed by atoms with Crippen molar-refractivity contribution in [2.75, 3.05) is 13.2 Å². The van der Waals surface area contributed by atoms with Gasteiger partial charge in [-0.1, -0.05) is 0 Å². The third-order valence-corrected chi connectivity index (χ3v) is 3.24. The standard InChI is InChI=1S/C11H15N3O6/c12-10(18)7-11(19)14(2-1-13-7)5-4-20-6(3-15)9(17)8(5)16/h1-2,5-6,8-9,15-17H,3-4H2,(H2,12,18)/t5-,6+,8+,9-/m0/s1. The molecule has 0 saturated carbocycles. The molecule has 0 bridgehead atoms. The molecule has 110 valence electrons. The van der Waals surface area contributed by atoms with Crippen LogP contribution in [0.5, 0.6) is 0 Å². The molecule has 0 unspecified atom stereocenters. The van der Waals surface area contributed by atoms with E-state index in [1.807, 2.05) is 0 Å². The minimum atomic E-state index is -1.35. The van der Waals surface area contributed by atoms with Crippen molar-refractivity contribution in [3.8, 4) is 0 Å². The van der Waals surface area contributed by atoms with E-state index >= 15 is 0 Å². The summed E-state index contributed by atoms with van der Waals surface area (Å²) in [6, 6.07) is -0.901. The van der Waals surface area contributed by atoms with Crippen molar-refractivity contribution in [1.29, 1.82) is 0 Å². The van der Waals surface area contributed by atoms with Gasteiger partial charge in [0, 0.05) is 12.4 Å². The Morgan fingerprint density at radius 3 is 2.80 bits per heavy atom. The van der Waals surface area contributed by atoms with Gasteiger partial charge >= 0.3 is 0 Å². The number of aliphatic hydroxyl groups excluding tert-OH is 3. The van der Waals surface area contributed by atoms with Crippen LogP contribution < -0.4 is 11.3 Å². The van der Waals surface area contributed by atoms with Crippen LogP contribution in [0.15, 0.2) is 17.2 Å². The largest absolute Gasteiger partial charge is 0.394 e. The molecule has 1 fully saturated rings. The smallest absolute Gasteiger partial charge is 0.282 e. The molecule has 1 aromatic heterocycles. The highest BCUT2D eigenvalue weighted by Crippen LogP contribution is 2.23. The number of primary amides is 1. The summed E-state index contributed by atoms with van der Waals surface area (Å²) in [5.41, 5.74) is 3.79. The van der Waals surface area contributed by atoms with Crippen LogP contribution in [0.3, 0.4) is 0 Å². The Balaban J connectivity index is 2.36. The van der Waals surface area contributed by atoms with Gasteiger partial charge in [-0.05, 0) is 0 Å². The zero-order chi connectivity index (χ0) is 14.9. The maximum absolute atomic E-state index is 12.0. The van der Waals surface area contributed by atoms with Gasteiger partial charge in [-0.15, -0.1) is 0 Å². The summed E-state index contributed by atoms with van der Waals surface area (Å²) in [6.45, 7) is -0.561. The Kier molecular flexibility index (Phi) is 4.14. The number of nitrogens with zero attached hydrogens (tertiary/aromatic N) is 2. The molecular weight excluding hydrogens is 270 g/mol. The fourth-order valence-electron chi connectivity index (χ4n) is 2.13. The molecule has 9 nitrogen and oxygen atoms in total. The lowest BCUT2D eigenvalue weighted by atomic mass is 9.98. The van der Waals surface area contributed by atoms with Crippen molar-refractivity contribution in [2.24, 2.45) is 5.73 Å². The zero-order valence-corrected chi connectivity index (χ0v) is 10.4. The van der Waals surface area contributed by atoms with Gasteiger partial charge in [-0.3, -0.25) is 9.59 Å². The highest BCUT2D eigenvalue weighted by molar-refractivity contribution is 5.90. The quantitative estimate of drug-likeness (QED) is 0.462. The molecule has 1 saturated heterocycles. The van der Waals surface area contributed by atoms with Crippen LogP contribution in [-0.4, -0.2) is 62.3 Å². The number of ether oxygens (including phenoxy) is 1. The second kappa shape index (κ2) is 5.67. The van der Waals surface area contributed by atoms with Crippen molar-refractivity contribution in [3.05, 3.63) is 28.4 Å². The zero-order valence-electron chi connectivity index (χ0n) is 10.4. The van der Waals surface area contributed by atoms with Crippen LogP contribution in [0.4, 0.5) is 0 Å². The predicted molar refractivity (Wildman–Crippen MR) is 64.9 cm³/mol. The highest BCUT2D eigenvalue weighted by Gasteiger charge is 2.39. The van der Waals surface area contributed by atoms with E-state index < -0.39 is 48.1 Å². The lowest BCUT2D eigenvalue weighted by Crippen LogP contribution is -2.53. The molecule has 0 aromatic carbocycles. The second-order valence-corrected chi connectivity index (χ2v) is 4.46.